The van der Waals surface area contributed by atoms with Crippen LogP contribution in [0.3, 0.4) is 0 Å². The van der Waals surface area contributed by atoms with E-state index in [0.717, 1.165) is 15.5 Å². The van der Waals surface area contributed by atoms with Crippen molar-refractivity contribution in [2.75, 3.05) is 22.9 Å². The quantitative estimate of drug-likeness (QED) is 0.471. The van der Waals surface area contributed by atoms with Gasteiger partial charge in [0, 0.05) is 22.2 Å². The van der Waals surface area contributed by atoms with Crippen LogP contribution in [0.4, 0.5) is 5.69 Å². The molecule has 0 saturated carbocycles. The van der Waals surface area contributed by atoms with Crippen molar-refractivity contribution in [1.82, 2.24) is 5.32 Å². The molecular weight excluding hydrogens is 416 g/mol. The third-order valence-electron chi connectivity index (χ3n) is 4.08. The van der Waals surface area contributed by atoms with E-state index in [9.17, 15) is 13.2 Å². The lowest BCUT2D eigenvalue weighted by atomic mass is 10.2. The van der Waals surface area contributed by atoms with Crippen molar-refractivity contribution in [1.29, 1.82) is 0 Å². The number of hydrogen-bond donors (Lipinski definition) is 1. The van der Waals surface area contributed by atoms with Gasteiger partial charge in [0.05, 0.1) is 11.9 Å². The summed E-state index contributed by atoms with van der Waals surface area (Å²) in [5, 5.41) is 3.27. The van der Waals surface area contributed by atoms with Crippen molar-refractivity contribution in [3.63, 3.8) is 0 Å². The number of aryl methyl sites for hydroxylation is 1. The van der Waals surface area contributed by atoms with Crippen LogP contribution in [-0.2, 0) is 14.8 Å². The number of sulfonamides is 1. The normalized spacial score (nSPS) is 12.4. The van der Waals surface area contributed by atoms with Crippen LogP contribution in [0, 0.1) is 6.92 Å². The third kappa shape index (κ3) is 6.43. The third-order valence-corrected chi connectivity index (χ3v) is 6.51. The fourth-order valence-corrected chi connectivity index (χ4v) is 4.93. The molecule has 2 aromatic rings. The van der Waals surface area contributed by atoms with Gasteiger partial charge in [-0.05, 0) is 43.7 Å². The number of carbonyl (C=O) groups excluding carboxylic acids is 1. The van der Waals surface area contributed by atoms with E-state index in [0.29, 0.717) is 29.4 Å². The van der Waals surface area contributed by atoms with E-state index in [4.69, 9.17) is 11.6 Å². The predicted molar refractivity (Wildman–Crippen MR) is 118 cm³/mol. The summed E-state index contributed by atoms with van der Waals surface area (Å²) >= 11 is 7.65. The van der Waals surface area contributed by atoms with E-state index in [1.807, 2.05) is 31.2 Å². The van der Waals surface area contributed by atoms with Crippen molar-refractivity contribution in [2.24, 2.45) is 0 Å². The van der Waals surface area contributed by atoms with E-state index in [-0.39, 0.29) is 5.91 Å². The lowest BCUT2D eigenvalue weighted by Crippen LogP contribution is -2.49. The van der Waals surface area contributed by atoms with Gasteiger partial charge < -0.3 is 5.32 Å². The number of hydrogen-bond acceptors (Lipinski definition) is 4. The molecule has 0 saturated heterocycles. The van der Waals surface area contributed by atoms with Gasteiger partial charge in [-0.1, -0.05) is 42.3 Å². The van der Waals surface area contributed by atoms with Crippen LogP contribution >= 0.6 is 23.4 Å². The van der Waals surface area contributed by atoms with Crippen LogP contribution in [0.1, 0.15) is 18.9 Å². The Bertz CT molecular complexity index is 902. The summed E-state index contributed by atoms with van der Waals surface area (Å²) in [4.78, 5) is 13.8. The molecule has 1 amide bonds. The van der Waals surface area contributed by atoms with Crippen molar-refractivity contribution in [3.05, 3.63) is 59.1 Å². The number of benzene rings is 2. The minimum Gasteiger partial charge on any atom is -0.353 e. The van der Waals surface area contributed by atoms with Gasteiger partial charge in [0.15, 0.2) is 0 Å². The Morgan fingerprint density at radius 3 is 2.46 bits per heavy atom. The van der Waals surface area contributed by atoms with E-state index in [1.54, 1.807) is 43.0 Å². The van der Waals surface area contributed by atoms with Crippen molar-refractivity contribution in [2.45, 2.75) is 31.2 Å². The fourth-order valence-electron chi connectivity index (χ4n) is 2.77. The molecular formula is C20H25ClN2O3S2. The zero-order chi connectivity index (χ0) is 20.7. The van der Waals surface area contributed by atoms with Gasteiger partial charge in [0.2, 0.25) is 15.9 Å². The Balaban J connectivity index is 2.04. The van der Waals surface area contributed by atoms with Gasteiger partial charge in [0.25, 0.3) is 0 Å². The molecule has 0 fully saturated rings. The first-order valence-corrected chi connectivity index (χ1v) is 12.2. The molecule has 0 aliphatic carbocycles. The average molecular weight is 441 g/mol. The number of nitrogens with zero attached hydrogens (tertiary/aromatic N) is 1. The first kappa shape index (κ1) is 22.6. The maximum absolute atomic E-state index is 12.7. The lowest BCUT2D eigenvalue weighted by Gasteiger charge is -2.30. The molecule has 2 aromatic carbocycles. The molecule has 28 heavy (non-hydrogen) atoms. The Morgan fingerprint density at radius 2 is 1.89 bits per heavy atom. The van der Waals surface area contributed by atoms with Crippen LogP contribution in [0.15, 0.2) is 53.4 Å². The molecule has 0 radical (unpaired) electrons. The molecule has 152 valence electrons. The van der Waals surface area contributed by atoms with Crippen molar-refractivity contribution in [3.8, 4) is 0 Å². The zero-order valence-electron chi connectivity index (χ0n) is 16.2. The summed E-state index contributed by atoms with van der Waals surface area (Å²) in [6, 6.07) is 13.8. The van der Waals surface area contributed by atoms with Crippen LogP contribution in [0.5, 0.6) is 0 Å². The molecule has 1 atom stereocenters. The second-order valence-corrected chi connectivity index (χ2v) is 9.88. The second-order valence-electron chi connectivity index (χ2n) is 6.42. The van der Waals surface area contributed by atoms with Crippen molar-refractivity contribution >= 4 is 45.0 Å². The fraction of sp³-hybridized carbons (Fsp3) is 0.350. The molecule has 0 aromatic heterocycles. The summed E-state index contributed by atoms with van der Waals surface area (Å²) in [5.41, 5.74) is 1.58. The topological polar surface area (TPSA) is 66.5 Å². The highest BCUT2D eigenvalue weighted by Gasteiger charge is 2.31. The van der Waals surface area contributed by atoms with Gasteiger partial charge in [0.1, 0.15) is 6.04 Å². The van der Waals surface area contributed by atoms with Gasteiger partial charge >= 0.3 is 0 Å². The number of rotatable bonds is 9. The summed E-state index contributed by atoms with van der Waals surface area (Å²) in [7, 11) is -3.66. The van der Waals surface area contributed by atoms with Gasteiger partial charge in [-0.25, -0.2) is 8.42 Å². The Labute approximate surface area is 176 Å². The highest BCUT2D eigenvalue weighted by Crippen LogP contribution is 2.25. The van der Waals surface area contributed by atoms with E-state index in [2.05, 4.69) is 5.32 Å². The highest BCUT2D eigenvalue weighted by atomic mass is 35.5. The highest BCUT2D eigenvalue weighted by molar-refractivity contribution is 7.99. The summed E-state index contributed by atoms with van der Waals surface area (Å²) < 4.78 is 25.9. The molecule has 0 bridgehead atoms. The minimum absolute atomic E-state index is 0.322. The number of thioether (sulfide) groups is 1. The molecule has 1 N–H and O–H groups in total. The van der Waals surface area contributed by atoms with Crippen LogP contribution in [0.25, 0.3) is 0 Å². The van der Waals surface area contributed by atoms with E-state index >= 15 is 0 Å². The van der Waals surface area contributed by atoms with Crippen LogP contribution in [-0.4, -0.2) is 38.9 Å². The van der Waals surface area contributed by atoms with Gasteiger partial charge in [-0.2, -0.15) is 0 Å². The summed E-state index contributed by atoms with van der Waals surface area (Å²) in [6.07, 6.45) is 1.44. The molecule has 0 aliphatic heterocycles. The Hall–Kier alpha value is -1.70. The van der Waals surface area contributed by atoms with Crippen LogP contribution < -0.4 is 9.62 Å². The molecule has 0 aliphatic rings. The summed E-state index contributed by atoms with van der Waals surface area (Å²) in [5.74, 6) is 0.374. The SMILES string of the molecule is CC[C@@H](C(=O)NCCSc1ccc(C)cc1)N(c1cccc(Cl)c1)S(C)(=O)=O. The Kier molecular flexibility index (Phi) is 8.22. The Morgan fingerprint density at radius 1 is 1.21 bits per heavy atom. The summed E-state index contributed by atoms with van der Waals surface area (Å²) in [6.45, 7) is 4.27. The maximum atomic E-state index is 12.7. The smallest absolute Gasteiger partial charge is 0.243 e. The minimum atomic E-state index is -3.66. The molecule has 8 heteroatoms. The first-order valence-electron chi connectivity index (χ1n) is 8.94. The molecule has 2 rings (SSSR count). The zero-order valence-corrected chi connectivity index (χ0v) is 18.6. The van der Waals surface area contributed by atoms with E-state index < -0.39 is 16.1 Å². The number of halogens is 1. The monoisotopic (exact) mass is 440 g/mol. The number of nitrogens with one attached hydrogen (secondary N) is 1. The first-order chi connectivity index (χ1) is 13.2. The van der Waals surface area contributed by atoms with Gasteiger partial charge in [-0.3, -0.25) is 9.10 Å². The number of anilines is 1. The van der Waals surface area contributed by atoms with Crippen molar-refractivity contribution < 1.29 is 13.2 Å². The predicted octanol–water partition coefficient (Wildman–Crippen LogP) is 4.10. The number of carbonyl (C=O) groups is 1. The average Bonchev–Trinajstić information content (AvgIpc) is 2.63. The molecule has 0 spiro atoms. The lowest BCUT2D eigenvalue weighted by molar-refractivity contribution is -0.122. The van der Waals surface area contributed by atoms with Crippen LogP contribution in [0.2, 0.25) is 5.02 Å². The maximum Gasteiger partial charge on any atom is 0.243 e. The number of amides is 1. The van der Waals surface area contributed by atoms with E-state index in [1.165, 1.54) is 5.56 Å². The molecule has 0 heterocycles. The molecule has 0 unspecified atom stereocenters. The van der Waals surface area contributed by atoms with Gasteiger partial charge in [-0.15, -0.1) is 11.8 Å². The molecule has 5 nitrogen and oxygen atoms in total. The largest absolute Gasteiger partial charge is 0.353 e. The second kappa shape index (κ2) is 10.2. The standard InChI is InChI=1S/C20H25ClN2O3S2/c1-4-19(23(28(3,25)26)17-7-5-6-16(21)14-17)20(24)22-12-13-27-18-10-8-15(2)9-11-18/h5-11,14,19H,4,12-13H2,1-3H3,(H,22,24)/t19-/m0/s1.